The maximum atomic E-state index is 12.7. The van der Waals surface area contributed by atoms with Crippen LogP contribution in [0.2, 0.25) is 0 Å². The molecule has 0 fully saturated rings. The van der Waals surface area contributed by atoms with Gasteiger partial charge in [0.2, 0.25) is 11.7 Å². The lowest BCUT2D eigenvalue weighted by Crippen LogP contribution is -2.31. The van der Waals surface area contributed by atoms with Crippen LogP contribution in [0, 0.1) is 5.92 Å². The Kier molecular flexibility index (Phi) is 8.19. The number of hydrogen-bond acceptors (Lipinski definition) is 5. The minimum absolute atomic E-state index is 0.0173. The third-order valence-electron chi connectivity index (χ3n) is 4.87. The minimum Gasteiger partial charge on any atom is -0.497 e. The topological polar surface area (TPSA) is 66.0 Å². The van der Waals surface area contributed by atoms with E-state index in [0.717, 1.165) is 16.9 Å². The van der Waals surface area contributed by atoms with Crippen LogP contribution in [-0.2, 0) is 11.2 Å². The van der Waals surface area contributed by atoms with Crippen molar-refractivity contribution in [1.82, 2.24) is 5.32 Å². The highest BCUT2D eigenvalue weighted by Crippen LogP contribution is 2.40. The van der Waals surface area contributed by atoms with Gasteiger partial charge in [-0.3, -0.25) is 4.79 Å². The average Bonchev–Trinajstić information content (AvgIpc) is 2.74. The third kappa shape index (κ3) is 5.56. The van der Waals surface area contributed by atoms with Gasteiger partial charge in [-0.1, -0.05) is 32.0 Å². The van der Waals surface area contributed by atoms with E-state index in [1.807, 2.05) is 36.4 Å². The zero-order chi connectivity index (χ0) is 21.4. The molecule has 0 saturated heterocycles. The molecule has 0 aliphatic carbocycles. The van der Waals surface area contributed by atoms with Crippen molar-refractivity contribution < 1.29 is 23.7 Å². The summed E-state index contributed by atoms with van der Waals surface area (Å²) < 4.78 is 21.4. The fourth-order valence-corrected chi connectivity index (χ4v) is 3.30. The van der Waals surface area contributed by atoms with Gasteiger partial charge in [-0.2, -0.15) is 0 Å². The Morgan fingerprint density at radius 3 is 2.03 bits per heavy atom. The monoisotopic (exact) mass is 401 g/mol. The highest BCUT2D eigenvalue weighted by Gasteiger charge is 2.20. The van der Waals surface area contributed by atoms with E-state index < -0.39 is 0 Å². The van der Waals surface area contributed by atoms with Gasteiger partial charge in [-0.15, -0.1) is 0 Å². The molecule has 6 heteroatoms. The van der Waals surface area contributed by atoms with Gasteiger partial charge in [0.1, 0.15) is 5.75 Å². The predicted molar refractivity (Wildman–Crippen MR) is 113 cm³/mol. The number of carbonyl (C=O) groups is 1. The summed E-state index contributed by atoms with van der Waals surface area (Å²) in [7, 11) is 6.37. The maximum Gasteiger partial charge on any atom is 0.220 e. The van der Waals surface area contributed by atoms with Crippen molar-refractivity contribution in [1.29, 1.82) is 0 Å². The van der Waals surface area contributed by atoms with Gasteiger partial charge in [0.05, 0.1) is 34.5 Å². The molecule has 0 aliphatic heterocycles. The fourth-order valence-electron chi connectivity index (χ4n) is 3.30. The highest BCUT2D eigenvalue weighted by atomic mass is 16.5. The van der Waals surface area contributed by atoms with Crippen LogP contribution in [0.5, 0.6) is 23.0 Å². The molecule has 0 saturated carbocycles. The predicted octanol–water partition coefficient (Wildman–Crippen LogP) is 4.17. The molecule has 29 heavy (non-hydrogen) atoms. The third-order valence-corrected chi connectivity index (χ3v) is 4.87. The molecule has 0 bridgehead atoms. The number of nitrogens with one attached hydrogen (secondary N) is 1. The molecule has 0 aliphatic rings. The van der Waals surface area contributed by atoms with Gasteiger partial charge < -0.3 is 24.3 Å². The second kappa shape index (κ2) is 10.6. The van der Waals surface area contributed by atoms with E-state index in [1.54, 1.807) is 28.4 Å². The Hall–Kier alpha value is -2.89. The maximum absolute atomic E-state index is 12.7. The van der Waals surface area contributed by atoms with E-state index in [9.17, 15) is 4.79 Å². The first-order chi connectivity index (χ1) is 13.9. The Balaban J connectivity index is 2.09. The number of ether oxygens (including phenoxy) is 4. The molecule has 2 aromatic rings. The quantitative estimate of drug-likeness (QED) is 0.647. The second-order valence-corrected chi connectivity index (χ2v) is 7.06. The molecule has 0 radical (unpaired) electrons. The van der Waals surface area contributed by atoms with Gasteiger partial charge in [0.15, 0.2) is 11.5 Å². The van der Waals surface area contributed by atoms with Gasteiger partial charge in [0.25, 0.3) is 0 Å². The molecule has 1 amide bonds. The average molecular weight is 402 g/mol. The van der Waals surface area contributed by atoms with Crippen molar-refractivity contribution >= 4 is 5.91 Å². The van der Waals surface area contributed by atoms with E-state index in [2.05, 4.69) is 19.2 Å². The molecule has 2 aromatic carbocycles. The molecule has 1 atom stereocenters. The molecule has 1 unspecified atom stereocenters. The Labute approximate surface area is 173 Å². The summed E-state index contributed by atoms with van der Waals surface area (Å²) in [5.74, 6) is 2.75. The summed E-state index contributed by atoms with van der Waals surface area (Å²) in [6.07, 6.45) is 0.869. The molecule has 0 heterocycles. The van der Waals surface area contributed by atoms with Gasteiger partial charge in [-0.25, -0.2) is 0 Å². The van der Waals surface area contributed by atoms with Crippen LogP contribution < -0.4 is 24.3 Å². The van der Waals surface area contributed by atoms with Crippen molar-refractivity contribution in [2.75, 3.05) is 28.4 Å². The number of amides is 1. The standard InChI is InChI=1S/C23H31NO5/c1-15(2)21(16-7-11-18(26-3)12-8-16)24-20(25)14-10-17-9-13-19(27-4)23(29-6)22(17)28-5/h7-9,11-13,15,21H,10,14H2,1-6H3,(H,24,25). The van der Waals surface area contributed by atoms with E-state index in [4.69, 9.17) is 18.9 Å². The summed E-state index contributed by atoms with van der Waals surface area (Å²) in [4.78, 5) is 12.7. The Morgan fingerprint density at radius 1 is 0.862 bits per heavy atom. The van der Waals surface area contributed by atoms with Crippen LogP contribution in [0.15, 0.2) is 36.4 Å². The molecular formula is C23H31NO5. The Morgan fingerprint density at radius 2 is 1.52 bits per heavy atom. The molecule has 158 valence electrons. The van der Waals surface area contributed by atoms with Crippen LogP contribution in [0.1, 0.15) is 37.4 Å². The first-order valence-corrected chi connectivity index (χ1v) is 9.66. The van der Waals surface area contributed by atoms with Gasteiger partial charge in [-0.05, 0) is 41.7 Å². The summed E-state index contributed by atoms with van der Waals surface area (Å²) in [5.41, 5.74) is 1.95. The number of hydrogen-bond donors (Lipinski definition) is 1. The SMILES string of the molecule is COc1ccc(C(NC(=O)CCc2ccc(OC)c(OC)c2OC)C(C)C)cc1. The lowest BCUT2D eigenvalue weighted by atomic mass is 9.95. The second-order valence-electron chi connectivity index (χ2n) is 7.06. The minimum atomic E-state index is -0.0688. The normalized spacial score (nSPS) is 11.7. The highest BCUT2D eigenvalue weighted by molar-refractivity contribution is 5.77. The zero-order valence-corrected chi connectivity index (χ0v) is 18.1. The van der Waals surface area contributed by atoms with E-state index >= 15 is 0 Å². The molecular weight excluding hydrogens is 370 g/mol. The van der Waals surface area contributed by atoms with Gasteiger partial charge >= 0.3 is 0 Å². The number of rotatable bonds is 10. The van der Waals surface area contributed by atoms with Crippen LogP contribution in [0.4, 0.5) is 0 Å². The smallest absolute Gasteiger partial charge is 0.220 e. The Bertz CT molecular complexity index is 802. The summed E-state index contributed by atoms with van der Waals surface area (Å²) in [6.45, 7) is 4.18. The van der Waals surface area contributed by atoms with Crippen molar-refractivity contribution in [3.8, 4) is 23.0 Å². The van der Waals surface area contributed by atoms with Crippen LogP contribution in [-0.4, -0.2) is 34.3 Å². The number of carbonyl (C=O) groups excluding carboxylic acids is 1. The summed E-state index contributed by atoms with van der Waals surface area (Å²) in [6, 6.07) is 11.4. The van der Waals surface area contributed by atoms with E-state index in [1.165, 1.54) is 0 Å². The zero-order valence-electron chi connectivity index (χ0n) is 18.1. The molecule has 2 rings (SSSR count). The first kappa shape index (κ1) is 22.4. The van der Waals surface area contributed by atoms with Crippen LogP contribution in [0.25, 0.3) is 0 Å². The van der Waals surface area contributed by atoms with E-state index in [0.29, 0.717) is 30.1 Å². The summed E-state index contributed by atoms with van der Waals surface area (Å²) >= 11 is 0. The van der Waals surface area contributed by atoms with Gasteiger partial charge in [0, 0.05) is 6.42 Å². The largest absolute Gasteiger partial charge is 0.497 e. The molecule has 0 spiro atoms. The van der Waals surface area contributed by atoms with Crippen LogP contribution >= 0.6 is 0 Å². The molecule has 0 aromatic heterocycles. The number of benzene rings is 2. The molecule has 1 N–H and O–H groups in total. The van der Waals surface area contributed by atoms with Crippen molar-refractivity contribution in [2.24, 2.45) is 5.92 Å². The van der Waals surface area contributed by atoms with Crippen molar-refractivity contribution in [2.45, 2.75) is 32.7 Å². The lowest BCUT2D eigenvalue weighted by Gasteiger charge is -2.23. The lowest BCUT2D eigenvalue weighted by molar-refractivity contribution is -0.122. The first-order valence-electron chi connectivity index (χ1n) is 9.66. The molecule has 6 nitrogen and oxygen atoms in total. The van der Waals surface area contributed by atoms with E-state index in [-0.39, 0.29) is 17.9 Å². The van der Waals surface area contributed by atoms with Crippen molar-refractivity contribution in [3.05, 3.63) is 47.5 Å². The van der Waals surface area contributed by atoms with Crippen LogP contribution in [0.3, 0.4) is 0 Å². The summed E-state index contributed by atoms with van der Waals surface area (Å²) in [5, 5.41) is 3.15. The number of methoxy groups -OCH3 is 4. The number of aryl methyl sites for hydroxylation is 1. The fraction of sp³-hybridized carbons (Fsp3) is 0.435. The van der Waals surface area contributed by atoms with Crippen molar-refractivity contribution in [3.63, 3.8) is 0 Å².